The Morgan fingerprint density at radius 1 is 1.04 bits per heavy atom. The average Bonchev–Trinajstić information content (AvgIpc) is 3.27. The highest BCUT2D eigenvalue weighted by molar-refractivity contribution is 8.00. The molecule has 2 fully saturated rings. The zero-order chi connectivity index (χ0) is 17.2. The van der Waals surface area contributed by atoms with Crippen molar-refractivity contribution in [1.29, 1.82) is 0 Å². The van der Waals surface area contributed by atoms with Gasteiger partial charge in [-0.2, -0.15) is 0 Å². The van der Waals surface area contributed by atoms with Crippen LogP contribution in [0.15, 0.2) is 29.4 Å². The molecule has 0 N–H and O–H groups in total. The Hall–Kier alpha value is -1.69. The summed E-state index contributed by atoms with van der Waals surface area (Å²) < 4.78 is 16.4. The number of halogens is 1. The van der Waals surface area contributed by atoms with Gasteiger partial charge in [-0.1, -0.05) is 43.2 Å². The van der Waals surface area contributed by atoms with E-state index >= 15 is 0 Å². The summed E-state index contributed by atoms with van der Waals surface area (Å²) in [6.45, 7) is 0. The van der Waals surface area contributed by atoms with Gasteiger partial charge in [-0.25, -0.2) is 4.39 Å². The topological polar surface area (TPSA) is 47.8 Å². The molecule has 1 heterocycles. The lowest BCUT2D eigenvalue weighted by Gasteiger charge is -2.22. The number of nitrogens with zero attached hydrogens (tertiary/aromatic N) is 3. The molecule has 4 nitrogen and oxygen atoms in total. The third-order valence-electron chi connectivity index (χ3n) is 5.22. The molecule has 0 bridgehead atoms. The number of benzene rings is 1. The summed E-state index contributed by atoms with van der Waals surface area (Å²) in [5.41, 5.74) is 0.490. The van der Waals surface area contributed by atoms with E-state index in [0.29, 0.717) is 29.6 Å². The minimum Gasteiger partial charge on any atom is -0.299 e. The highest BCUT2D eigenvalue weighted by atomic mass is 32.2. The van der Waals surface area contributed by atoms with E-state index in [1.54, 1.807) is 12.1 Å². The fourth-order valence-corrected chi connectivity index (χ4v) is 5.10. The molecule has 1 unspecified atom stereocenters. The molecule has 0 amide bonds. The molecule has 2 aromatic rings. The molecule has 6 heteroatoms. The molecule has 0 spiro atoms. The number of ketones is 1. The lowest BCUT2D eigenvalue weighted by Crippen LogP contribution is -2.22. The molecule has 4 rings (SSSR count). The third kappa shape index (κ3) is 3.36. The fourth-order valence-electron chi connectivity index (χ4n) is 3.88. The van der Waals surface area contributed by atoms with Gasteiger partial charge in [-0.15, -0.1) is 10.2 Å². The summed E-state index contributed by atoms with van der Waals surface area (Å²) in [7, 11) is 0. The maximum absolute atomic E-state index is 14.3. The van der Waals surface area contributed by atoms with Crippen LogP contribution in [0.3, 0.4) is 0 Å². The minimum atomic E-state index is -0.278. The van der Waals surface area contributed by atoms with Crippen LogP contribution >= 0.6 is 11.8 Å². The lowest BCUT2D eigenvalue weighted by atomic mass is 9.99. The van der Waals surface area contributed by atoms with Crippen LogP contribution in [0.1, 0.15) is 57.4 Å². The standard InChI is InChI=1S/C19H22FN3OS/c20-15-10-4-3-9-14(15)18-21-22-19(23(18)13-7-1-2-8-13)25-17-12-6-5-11-16(17)24/h3-4,9-10,13,17H,1-2,5-8,11-12H2. The zero-order valence-corrected chi connectivity index (χ0v) is 15.0. The van der Waals surface area contributed by atoms with Crippen LogP contribution in [0, 0.1) is 5.82 Å². The van der Waals surface area contributed by atoms with Crippen LogP contribution in [0.25, 0.3) is 11.4 Å². The maximum atomic E-state index is 14.3. The van der Waals surface area contributed by atoms with Crippen LogP contribution in [0.5, 0.6) is 0 Å². The second-order valence-electron chi connectivity index (χ2n) is 6.91. The predicted octanol–water partition coefficient (Wildman–Crippen LogP) is 4.80. The first-order valence-corrected chi connectivity index (χ1v) is 10.0. The lowest BCUT2D eigenvalue weighted by molar-refractivity contribution is -0.119. The quantitative estimate of drug-likeness (QED) is 0.786. The SMILES string of the molecule is O=C1CCCCC1Sc1nnc(-c2ccccc2F)n1C1CCCC1. The number of carbonyl (C=O) groups excluding carboxylic acids is 1. The molecule has 0 aliphatic heterocycles. The Labute approximate surface area is 151 Å². The Kier molecular flexibility index (Phi) is 4.88. The summed E-state index contributed by atoms with van der Waals surface area (Å²) in [6, 6.07) is 7.02. The third-order valence-corrected chi connectivity index (χ3v) is 6.49. The molecule has 0 radical (unpaired) electrons. The molecular formula is C19H22FN3OS. The summed E-state index contributed by atoms with van der Waals surface area (Å²) in [5, 5.41) is 9.42. The first kappa shape index (κ1) is 16.8. The number of hydrogen-bond donors (Lipinski definition) is 0. The van der Waals surface area contributed by atoms with Crippen molar-refractivity contribution in [2.45, 2.75) is 67.8 Å². The smallest absolute Gasteiger partial charge is 0.192 e. The normalized spacial score (nSPS) is 21.8. The van der Waals surface area contributed by atoms with Crippen molar-refractivity contribution in [3.05, 3.63) is 30.1 Å². The highest BCUT2D eigenvalue weighted by Gasteiger charge is 2.30. The van der Waals surface area contributed by atoms with Crippen molar-refractivity contribution in [3.8, 4) is 11.4 Å². The molecule has 1 atom stereocenters. The molecule has 2 saturated carbocycles. The van der Waals surface area contributed by atoms with Gasteiger partial charge >= 0.3 is 0 Å². The Balaban J connectivity index is 1.72. The van der Waals surface area contributed by atoms with Gasteiger partial charge in [0.1, 0.15) is 11.6 Å². The van der Waals surface area contributed by atoms with Gasteiger partial charge in [0.2, 0.25) is 0 Å². The monoisotopic (exact) mass is 359 g/mol. The van der Waals surface area contributed by atoms with Crippen molar-refractivity contribution >= 4 is 17.5 Å². The minimum absolute atomic E-state index is 0.0356. The van der Waals surface area contributed by atoms with Crippen molar-refractivity contribution in [2.75, 3.05) is 0 Å². The van der Waals surface area contributed by atoms with E-state index in [4.69, 9.17) is 0 Å². The van der Waals surface area contributed by atoms with E-state index in [1.807, 2.05) is 6.07 Å². The van der Waals surface area contributed by atoms with E-state index in [-0.39, 0.29) is 11.1 Å². The van der Waals surface area contributed by atoms with Crippen LogP contribution in [-0.4, -0.2) is 25.8 Å². The second-order valence-corrected chi connectivity index (χ2v) is 8.08. The first-order chi connectivity index (χ1) is 12.2. The van der Waals surface area contributed by atoms with Crippen LogP contribution in [-0.2, 0) is 4.79 Å². The number of Topliss-reactive ketones (excluding diaryl/α,β-unsaturated/α-hetero) is 1. The Morgan fingerprint density at radius 3 is 2.56 bits per heavy atom. The van der Waals surface area contributed by atoms with Crippen LogP contribution in [0.2, 0.25) is 0 Å². The largest absolute Gasteiger partial charge is 0.299 e. The summed E-state index contributed by atoms with van der Waals surface area (Å²) >= 11 is 1.52. The molecule has 132 valence electrons. The van der Waals surface area contributed by atoms with Gasteiger partial charge in [0.15, 0.2) is 11.0 Å². The van der Waals surface area contributed by atoms with Crippen LogP contribution < -0.4 is 0 Å². The van der Waals surface area contributed by atoms with Crippen molar-refractivity contribution in [3.63, 3.8) is 0 Å². The second kappa shape index (κ2) is 7.28. The van der Waals surface area contributed by atoms with Gasteiger partial charge in [0.05, 0.1) is 10.8 Å². The van der Waals surface area contributed by atoms with E-state index in [9.17, 15) is 9.18 Å². The number of hydrogen-bond acceptors (Lipinski definition) is 4. The van der Waals surface area contributed by atoms with Gasteiger partial charge in [0.25, 0.3) is 0 Å². The van der Waals surface area contributed by atoms with Gasteiger partial charge in [-0.3, -0.25) is 9.36 Å². The van der Waals surface area contributed by atoms with Crippen molar-refractivity contribution in [2.24, 2.45) is 0 Å². The molecular weight excluding hydrogens is 337 g/mol. The van der Waals surface area contributed by atoms with E-state index < -0.39 is 0 Å². The highest BCUT2D eigenvalue weighted by Crippen LogP contribution is 2.39. The van der Waals surface area contributed by atoms with Crippen molar-refractivity contribution < 1.29 is 9.18 Å². The van der Waals surface area contributed by atoms with Gasteiger partial charge in [-0.05, 0) is 37.8 Å². The van der Waals surface area contributed by atoms with E-state index in [2.05, 4.69) is 14.8 Å². The van der Waals surface area contributed by atoms with E-state index in [0.717, 1.165) is 37.3 Å². The summed E-state index contributed by atoms with van der Waals surface area (Å²) in [4.78, 5) is 12.2. The average molecular weight is 359 g/mol. The van der Waals surface area contributed by atoms with Crippen LogP contribution in [0.4, 0.5) is 4.39 Å². The molecule has 2 aliphatic rings. The summed E-state index contributed by atoms with van der Waals surface area (Å²) in [6.07, 6.45) is 8.10. The molecule has 1 aromatic carbocycles. The van der Waals surface area contributed by atoms with E-state index in [1.165, 1.54) is 30.7 Å². The molecule has 2 aliphatic carbocycles. The number of carbonyl (C=O) groups is 1. The zero-order valence-electron chi connectivity index (χ0n) is 14.2. The maximum Gasteiger partial charge on any atom is 0.192 e. The predicted molar refractivity (Wildman–Crippen MR) is 96.0 cm³/mol. The van der Waals surface area contributed by atoms with Gasteiger partial charge in [0, 0.05) is 12.5 Å². The number of thioether (sulfide) groups is 1. The Morgan fingerprint density at radius 2 is 1.80 bits per heavy atom. The molecule has 0 saturated heterocycles. The first-order valence-electron chi connectivity index (χ1n) is 9.13. The fraction of sp³-hybridized carbons (Fsp3) is 0.526. The van der Waals surface area contributed by atoms with Crippen molar-refractivity contribution in [1.82, 2.24) is 14.8 Å². The molecule has 25 heavy (non-hydrogen) atoms. The number of rotatable bonds is 4. The number of aromatic nitrogens is 3. The Bertz CT molecular complexity index is 770. The molecule has 1 aromatic heterocycles. The summed E-state index contributed by atoms with van der Waals surface area (Å²) in [5.74, 6) is 0.625. The van der Waals surface area contributed by atoms with Gasteiger partial charge < -0.3 is 0 Å².